The molecule has 2 aliphatic rings. The Labute approximate surface area is 230 Å². The van der Waals surface area contributed by atoms with Crippen LogP contribution in [0.2, 0.25) is 5.02 Å². The number of amides is 1. The second-order valence-corrected chi connectivity index (χ2v) is 13.0. The van der Waals surface area contributed by atoms with E-state index >= 15 is 0 Å². The van der Waals surface area contributed by atoms with Gasteiger partial charge in [0.1, 0.15) is 12.4 Å². The number of rotatable bonds is 10. The van der Waals surface area contributed by atoms with Crippen LogP contribution in [0.4, 0.5) is 4.39 Å². The zero-order valence-electron chi connectivity index (χ0n) is 22.0. The smallest absolute Gasteiger partial charge is 0.246 e. The predicted octanol–water partition coefficient (Wildman–Crippen LogP) is 4.48. The second kappa shape index (κ2) is 12.9. The van der Waals surface area contributed by atoms with E-state index in [2.05, 4.69) is 24.3 Å². The van der Waals surface area contributed by atoms with E-state index in [9.17, 15) is 17.6 Å². The van der Waals surface area contributed by atoms with Crippen molar-refractivity contribution in [3.05, 3.63) is 64.9 Å². The molecule has 2 fully saturated rings. The molecule has 10 heteroatoms. The van der Waals surface area contributed by atoms with E-state index in [0.29, 0.717) is 36.4 Å². The highest BCUT2D eigenvalue weighted by atomic mass is 35.5. The van der Waals surface area contributed by atoms with Gasteiger partial charge in [0.05, 0.1) is 11.0 Å². The van der Waals surface area contributed by atoms with Gasteiger partial charge in [0, 0.05) is 30.7 Å². The Morgan fingerprint density at radius 1 is 1.08 bits per heavy atom. The minimum absolute atomic E-state index is 0.0812. The van der Waals surface area contributed by atoms with Gasteiger partial charge in [-0.25, -0.2) is 12.8 Å². The highest BCUT2D eigenvalue weighted by Gasteiger charge is 2.34. The summed E-state index contributed by atoms with van der Waals surface area (Å²) in [6.07, 6.45) is 4.39. The maximum atomic E-state index is 13.4. The normalized spacial score (nSPS) is 23.4. The SMILES string of the molecule is CN(C)C(c1ccc(F)cc1)C1CCC(CNC(=O)COC2CCN(S(=O)(=O)c3ccc(Cl)cc3)C2)CC1. The van der Waals surface area contributed by atoms with Gasteiger partial charge >= 0.3 is 0 Å². The van der Waals surface area contributed by atoms with Gasteiger partial charge in [-0.15, -0.1) is 0 Å². The molecule has 0 bridgehead atoms. The maximum Gasteiger partial charge on any atom is 0.246 e. The van der Waals surface area contributed by atoms with Gasteiger partial charge in [0.2, 0.25) is 15.9 Å². The van der Waals surface area contributed by atoms with Crippen molar-refractivity contribution in [2.45, 2.75) is 49.1 Å². The third-order valence-corrected chi connectivity index (χ3v) is 9.83. The third-order valence-electron chi connectivity index (χ3n) is 7.70. The molecule has 1 aliphatic carbocycles. The lowest BCUT2D eigenvalue weighted by molar-refractivity contribution is -0.127. The lowest BCUT2D eigenvalue weighted by atomic mass is 9.76. The first-order valence-corrected chi connectivity index (χ1v) is 15.0. The van der Waals surface area contributed by atoms with Gasteiger partial charge in [-0.1, -0.05) is 23.7 Å². The zero-order valence-corrected chi connectivity index (χ0v) is 23.6. The number of hydrogen-bond donors (Lipinski definition) is 1. The Hall–Kier alpha value is -2.04. The van der Waals surface area contributed by atoms with Crippen molar-refractivity contribution in [1.29, 1.82) is 0 Å². The third kappa shape index (κ3) is 7.33. The number of carbonyl (C=O) groups is 1. The van der Waals surface area contributed by atoms with Crippen LogP contribution < -0.4 is 5.32 Å². The summed E-state index contributed by atoms with van der Waals surface area (Å²) in [6.45, 7) is 1.11. The van der Waals surface area contributed by atoms with Crippen molar-refractivity contribution in [2.24, 2.45) is 11.8 Å². The molecule has 2 aromatic carbocycles. The Balaban J connectivity index is 1.17. The Morgan fingerprint density at radius 2 is 1.74 bits per heavy atom. The van der Waals surface area contributed by atoms with Crippen LogP contribution >= 0.6 is 11.6 Å². The van der Waals surface area contributed by atoms with Crippen LogP contribution in [0.15, 0.2) is 53.4 Å². The fourth-order valence-electron chi connectivity index (χ4n) is 5.67. The van der Waals surface area contributed by atoms with Crippen LogP contribution in [0.5, 0.6) is 0 Å². The highest BCUT2D eigenvalue weighted by Crippen LogP contribution is 2.39. The van der Waals surface area contributed by atoms with Gasteiger partial charge in [0.25, 0.3) is 0 Å². The average molecular weight is 566 g/mol. The Kier molecular flexibility index (Phi) is 9.81. The van der Waals surface area contributed by atoms with Crippen LogP contribution in [0.3, 0.4) is 0 Å². The largest absolute Gasteiger partial charge is 0.367 e. The molecule has 1 heterocycles. The average Bonchev–Trinajstić information content (AvgIpc) is 3.38. The topological polar surface area (TPSA) is 79.0 Å². The standard InChI is InChI=1S/C28H37ClFN3O4S/c1-32(2)28(22-7-11-24(30)12-8-22)21-5-3-20(4-6-21)17-31-27(34)19-37-25-15-16-33(18-25)38(35,36)26-13-9-23(29)10-14-26/h7-14,20-21,25,28H,3-6,15-19H2,1-2H3,(H,31,34). The lowest BCUT2D eigenvalue weighted by Crippen LogP contribution is -2.37. The van der Waals surface area contributed by atoms with Gasteiger partial charge in [-0.3, -0.25) is 4.79 Å². The quantitative estimate of drug-likeness (QED) is 0.459. The van der Waals surface area contributed by atoms with Gasteiger partial charge in [-0.2, -0.15) is 4.31 Å². The van der Waals surface area contributed by atoms with Crippen molar-refractivity contribution in [3.63, 3.8) is 0 Å². The van der Waals surface area contributed by atoms with Crippen molar-refractivity contribution in [3.8, 4) is 0 Å². The maximum absolute atomic E-state index is 13.4. The molecular formula is C28H37ClFN3O4S. The van der Waals surface area contributed by atoms with Gasteiger partial charge < -0.3 is 15.0 Å². The summed E-state index contributed by atoms with van der Waals surface area (Å²) in [5, 5.41) is 3.47. The summed E-state index contributed by atoms with van der Waals surface area (Å²) in [4.78, 5) is 14.8. The molecule has 2 unspecified atom stereocenters. The first-order valence-electron chi connectivity index (χ1n) is 13.2. The monoisotopic (exact) mass is 565 g/mol. The second-order valence-electron chi connectivity index (χ2n) is 10.6. The van der Waals surface area contributed by atoms with Crippen molar-refractivity contribution in [2.75, 3.05) is 40.3 Å². The molecule has 208 valence electrons. The van der Waals surface area contributed by atoms with Crippen LogP contribution in [0, 0.1) is 17.7 Å². The number of ether oxygens (including phenoxy) is 1. The van der Waals surface area contributed by atoms with E-state index in [4.69, 9.17) is 16.3 Å². The highest BCUT2D eigenvalue weighted by molar-refractivity contribution is 7.89. The molecule has 4 rings (SSSR count). The van der Waals surface area contributed by atoms with Gasteiger partial charge in [0.15, 0.2) is 0 Å². The predicted molar refractivity (Wildman–Crippen MR) is 146 cm³/mol. The fraction of sp³-hybridized carbons (Fsp3) is 0.536. The molecule has 1 saturated carbocycles. The molecule has 0 spiro atoms. The number of nitrogens with one attached hydrogen (secondary N) is 1. The molecule has 0 aromatic heterocycles. The molecular weight excluding hydrogens is 529 g/mol. The van der Waals surface area contributed by atoms with Crippen molar-refractivity contribution in [1.82, 2.24) is 14.5 Å². The minimum Gasteiger partial charge on any atom is -0.367 e. The summed E-state index contributed by atoms with van der Waals surface area (Å²) < 4.78 is 46.2. The van der Waals surface area contributed by atoms with Crippen molar-refractivity contribution >= 4 is 27.5 Å². The first kappa shape index (κ1) is 29.0. The molecule has 1 saturated heterocycles. The summed E-state index contributed by atoms with van der Waals surface area (Å²) >= 11 is 5.87. The number of carbonyl (C=O) groups excluding carboxylic acids is 1. The van der Waals surface area contributed by atoms with Gasteiger partial charge in [-0.05, 0) is 100.0 Å². The number of sulfonamides is 1. The summed E-state index contributed by atoms with van der Waals surface area (Å²) in [5.74, 6) is 0.504. The molecule has 2 aromatic rings. The fourth-order valence-corrected chi connectivity index (χ4v) is 7.28. The van der Waals surface area contributed by atoms with E-state index in [-0.39, 0.29) is 41.9 Å². The number of benzene rings is 2. The van der Waals surface area contributed by atoms with E-state index in [1.807, 2.05) is 12.1 Å². The van der Waals surface area contributed by atoms with Crippen LogP contribution in [-0.4, -0.2) is 70.0 Å². The molecule has 38 heavy (non-hydrogen) atoms. The first-order chi connectivity index (χ1) is 18.1. The van der Waals surface area contributed by atoms with Crippen LogP contribution in [0.1, 0.15) is 43.7 Å². The molecule has 1 amide bonds. The zero-order chi connectivity index (χ0) is 27.3. The molecule has 1 N–H and O–H groups in total. The molecule has 1 aliphatic heterocycles. The van der Waals surface area contributed by atoms with Crippen LogP contribution in [-0.2, 0) is 19.6 Å². The minimum atomic E-state index is -3.61. The molecule has 7 nitrogen and oxygen atoms in total. The number of halogens is 2. The van der Waals surface area contributed by atoms with Crippen LogP contribution in [0.25, 0.3) is 0 Å². The Morgan fingerprint density at radius 3 is 2.37 bits per heavy atom. The van der Waals surface area contributed by atoms with E-state index in [0.717, 1.165) is 31.2 Å². The van der Waals surface area contributed by atoms with E-state index < -0.39 is 10.0 Å². The Bertz CT molecular complexity index is 1170. The van der Waals surface area contributed by atoms with E-state index in [1.54, 1.807) is 12.1 Å². The molecule has 2 atom stereocenters. The number of nitrogens with zero attached hydrogens (tertiary/aromatic N) is 2. The molecule has 0 radical (unpaired) electrons. The summed E-state index contributed by atoms with van der Waals surface area (Å²) in [7, 11) is 0.520. The lowest BCUT2D eigenvalue weighted by Gasteiger charge is -2.37. The summed E-state index contributed by atoms with van der Waals surface area (Å²) in [6, 6.07) is 13.2. The van der Waals surface area contributed by atoms with E-state index in [1.165, 1.54) is 28.6 Å². The summed E-state index contributed by atoms with van der Waals surface area (Å²) in [5.41, 5.74) is 1.14. The number of hydrogen-bond acceptors (Lipinski definition) is 5. The van der Waals surface area contributed by atoms with Crippen molar-refractivity contribution < 1.29 is 22.3 Å².